The lowest BCUT2D eigenvalue weighted by atomic mass is 10.1. The summed E-state index contributed by atoms with van der Waals surface area (Å²) < 4.78 is 13.5. The molecule has 0 spiro atoms. The van der Waals surface area contributed by atoms with Crippen molar-refractivity contribution in [2.45, 2.75) is 40.3 Å². The molecule has 8 heteroatoms. The SMILES string of the molecule is CCNC(=NCc1ccc(C)cc1OCC1CCOC1)NCc1nnc(C)n1C. The number of hydrogen-bond donors (Lipinski definition) is 2. The first kappa shape index (κ1) is 21.1. The largest absolute Gasteiger partial charge is 0.493 e. The molecular weight excluding hydrogens is 368 g/mol. The summed E-state index contributed by atoms with van der Waals surface area (Å²) in [7, 11) is 1.96. The van der Waals surface area contributed by atoms with Crippen molar-refractivity contribution < 1.29 is 9.47 Å². The number of rotatable bonds is 8. The van der Waals surface area contributed by atoms with Crippen molar-refractivity contribution in [3.05, 3.63) is 41.0 Å². The molecule has 3 rings (SSSR count). The first-order valence-electron chi connectivity index (χ1n) is 10.2. The minimum atomic E-state index is 0.473. The highest BCUT2D eigenvalue weighted by Crippen LogP contribution is 2.23. The van der Waals surface area contributed by atoms with Crippen molar-refractivity contribution in [1.82, 2.24) is 25.4 Å². The van der Waals surface area contributed by atoms with Gasteiger partial charge in [0.15, 0.2) is 11.8 Å². The molecule has 2 heterocycles. The fourth-order valence-electron chi connectivity index (χ4n) is 3.12. The Morgan fingerprint density at radius 1 is 1.31 bits per heavy atom. The molecule has 1 atom stereocenters. The van der Waals surface area contributed by atoms with E-state index in [9.17, 15) is 0 Å². The van der Waals surface area contributed by atoms with Gasteiger partial charge in [-0.25, -0.2) is 4.99 Å². The monoisotopic (exact) mass is 400 g/mol. The van der Waals surface area contributed by atoms with E-state index in [1.165, 1.54) is 5.56 Å². The highest BCUT2D eigenvalue weighted by atomic mass is 16.5. The van der Waals surface area contributed by atoms with E-state index in [4.69, 9.17) is 14.5 Å². The number of guanidine groups is 1. The van der Waals surface area contributed by atoms with Crippen LogP contribution in [0.15, 0.2) is 23.2 Å². The van der Waals surface area contributed by atoms with Gasteiger partial charge in [0.05, 0.1) is 26.3 Å². The zero-order valence-electron chi connectivity index (χ0n) is 17.9. The summed E-state index contributed by atoms with van der Waals surface area (Å²) in [4.78, 5) is 4.74. The minimum absolute atomic E-state index is 0.473. The second-order valence-electron chi connectivity index (χ2n) is 7.42. The zero-order valence-corrected chi connectivity index (χ0v) is 17.9. The molecule has 0 saturated carbocycles. The van der Waals surface area contributed by atoms with Crippen LogP contribution in [0.3, 0.4) is 0 Å². The summed E-state index contributed by atoms with van der Waals surface area (Å²) in [5.41, 5.74) is 2.25. The molecule has 0 aliphatic carbocycles. The summed E-state index contributed by atoms with van der Waals surface area (Å²) >= 11 is 0. The van der Waals surface area contributed by atoms with E-state index in [0.717, 1.165) is 55.1 Å². The van der Waals surface area contributed by atoms with Gasteiger partial charge in [0.25, 0.3) is 0 Å². The molecule has 0 amide bonds. The van der Waals surface area contributed by atoms with Crippen molar-refractivity contribution in [3.8, 4) is 5.75 Å². The topological polar surface area (TPSA) is 85.6 Å². The fourth-order valence-corrected chi connectivity index (χ4v) is 3.12. The van der Waals surface area contributed by atoms with Gasteiger partial charge in [-0.05, 0) is 38.8 Å². The average molecular weight is 401 g/mol. The van der Waals surface area contributed by atoms with Gasteiger partial charge >= 0.3 is 0 Å². The highest BCUT2D eigenvalue weighted by molar-refractivity contribution is 5.79. The number of aromatic nitrogens is 3. The van der Waals surface area contributed by atoms with Gasteiger partial charge in [0.2, 0.25) is 0 Å². The molecule has 1 unspecified atom stereocenters. The number of nitrogens with zero attached hydrogens (tertiary/aromatic N) is 4. The zero-order chi connectivity index (χ0) is 20.6. The molecule has 1 saturated heterocycles. The Morgan fingerprint density at radius 2 is 2.17 bits per heavy atom. The van der Waals surface area contributed by atoms with Gasteiger partial charge < -0.3 is 24.7 Å². The molecule has 1 aromatic heterocycles. The Kier molecular flexibility index (Phi) is 7.46. The summed E-state index contributed by atoms with van der Waals surface area (Å²) in [6.07, 6.45) is 1.06. The molecule has 0 radical (unpaired) electrons. The van der Waals surface area contributed by atoms with Crippen molar-refractivity contribution in [2.75, 3.05) is 26.4 Å². The predicted molar refractivity (Wildman–Crippen MR) is 113 cm³/mol. The molecule has 1 aliphatic rings. The molecule has 158 valence electrons. The van der Waals surface area contributed by atoms with Gasteiger partial charge in [-0.2, -0.15) is 0 Å². The second-order valence-corrected chi connectivity index (χ2v) is 7.42. The number of benzene rings is 1. The van der Waals surface area contributed by atoms with Crippen molar-refractivity contribution in [2.24, 2.45) is 18.0 Å². The highest BCUT2D eigenvalue weighted by Gasteiger charge is 2.17. The average Bonchev–Trinajstić information content (AvgIpc) is 3.34. The molecule has 1 fully saturated rings. The van der Waals surface area contributed by atoms with Crippen LogP contribution in [0.2, 0.25) is 0 Å². The van der Waals surface area contributed by atoms with E-state index in [1.54, 1.807) is 0 Å². The third-order valence-electron chi connectivity index (χ3n) is 5.07. The number of ether oxygens (including phenoxy) is 2. The maximum Gasteiger partial charge on any atom is 0.191 e. The summed E-state index contributed by atoms with van der Waals surface area (Å²) in [5, 5.41) is 14.9. The summed E-state index contributed by atoms with van der Waals surface area (Å²) in [6.45, 7) is 10.2. The number of hydrogen-bond acceptors (Lipinski definition) is 5. The van der Waals surface area contributed by atoms with Crippen LogP contribution in [0.4, 0.5) is 0 Å². The predicted octanol–water partition coefficient (Wildman–Crippen LogP) is 2.10. The normalized spacial score (nSPS) is 16.8. The van der Waals surface area contributed by atoms with Crippen LogP contribution < -0.4 is 15.4 Å². The Morgan fingerprint density at radius 3 is 2.86 bits per heavy atom. The fraction of sp³-hybridized carbons (Fsp3) is 0.571. The van der Waals surface area contributed by atoms with Gasteiger partial charge in [-0.1, -0.05) is 12.1 Å². The number of aryl methyl sites for hydroxylation is 2. The first-order valence-corrected chi connectivity index (χ1v) is 10.2. The van der Waals surface area contributed by atoms with Crippen LogP contribution in [-0.2, 0) is 24.9 Å². The smallest absolute Gasteiger partial charge is 0.191 e. The van der Waals surface area contributed by atoms with Crippen LogP contribution in [0.5, 0.6) is 5.75 Å². The van der Waals surface area contributed by atoms with Crippen molar-refractivity contribution in [3.63, 3.8) is 0 Å². The molecular formula is C21H32N6O2. The standard InChI is InChI=1S/C21H32N6O2/c1-5-22-21(24-12-20-26-25-16(3)27(20)4)23-11-18-7-6-15(2)10-19(18)29-14-17-8-9-28-13-17/h6-7,10,17H,5,8-9,11-14H2,1-4H3,(H2,22,23,24). The molecule has 29 heavy (non-hydrogen) atoms. The number of nitrogens with one attached hydrogen (secondary N) is 2. The van der Waals surface area contributed by atoms with Crippen LogP contribution in [-0.4, -0.2) is 47.1 Å². The van der Waals surface area contributed by atoms with Crippen molar-refractivity contribution in [1.29, 1.82) is 0 Å². The molecule has 8 nitrogen and oxygen atoms in total. The van der Waals surface area contributed by atoms with E-state index in [-0.39, 0.29) is 0 Å². The Balaban J connectivity index is 1.65. The molecule has 2 N–H and O–H groups in total. The number of aliphatic imine (C=N–C) groups is 1. The van der Waals surface area contributed by atoms with Crippen LogP contribution in [0.1, 0.15) is 36.1 Å². The van der Waals surface area contributed by atoms with Gasteiger partial charge in [0.1, 0.15) is 11.6 Å². The van der Waals surface area contributed by atoms with Gasteiger partial charge in [-0.3, -0.25) is 0 Å². The molecule has 2 aromatic rings. The van der Waals surface area contributed by atoms with Gasteiger partial charge in [0, 0.05) is 31.7 Å². The van der Waals surface area contributed by atoms with Crippen LogP contribution in [0.25, 0.3) is 0 Å². The van der Waals surface area contributed by atoms with E-state index in [2.05, 4.69) is 46.0 Å². The Labute approximate surface area is 172 Å². The Hall–Kier alpha value is -2.61. The van der Waals surface area contributed by atoms with Gasteiger partial charge in [-0.15, -0.1) is 10.2 Å². The molecule has 1 aliphatic heterocycles. The summed E-state index contributed by atoms with van der Waals surface area (Å²) in [5.74, 6) is 3.87. The third-order valence-corrected chi connectivity index (χ3v) is 5.07. The summed E-state index contributed by atoms with van der Waals surface area (Å²) in [6, 6.07) is 6.28. The molecule has 1 aromatic carbocycles. The first-order chi connectivity index (χ1) is 14.1. The van der Waals surface area contributed by atoms with E-state index >= 15 is 0 Å². The lowest BCUT2D eigenvalue weighted by Gasteiger charge is -2.15. The lowest BCUT2D eigenvalue weighted by molar-refractivity contribution is 0.166. The third kappa shape index (κ3) is 5.93. The molecule has 0 bridgehead atoms. The van der Waals surface area contributed by atoms with E-state index in [1.807, 2.05) is 25.5 Å². The lowest BCUT2D eigenvalue weighted by Crippen LogP contribution is -2.37. The Bertz CT molecular complexity index is 827. The van der Waals surface area contributed by atoms with Crippen LogP contribution >= 0.6 is 0 Å². The van der Waals surface area contributed by atoms with E-state index in [0.29, 0.717) is 25.6 Å². The maximum absolute atomic E-state index is 6.13. The minimum Gasteiger partial charge on any atom is -0.493 e. The van der Waals surface area contributed by atoms with Crippen molar-refractivity contribution >= 4 is 5.96 Å². The van der Waals surface area contributed by atoms with E-state index < -0.39 is 0 Å². The van der Waals surface area contributed by atoms with Crippen LogP contribution in [0, 0.1) is 19.8 Å². The quantitative estimate of drug-likeness (QED) is 0.521. The second kappa shape index (κ2) is 10.2. The maximum atomic E-state index is 6.13.